The summed E-state index contributed by atoms with van der Waals surface area (Å²) in [5.74, 6) is -1.25. The van der Waals surface area contributed by atoms with E-state index in [1.165, 1.54) is 38.5 Å². The van der Waals surface area contributed by atoms with Gasteiger partial charge in [-0.05, 0) is 38.1 Å². The first kappa shape index (κ1) is 34.6. The van der Waals surface area contributed by atoms with Crippen molar-refractivity contribution in [2.24, 2.45) is 17.6 Å². The number of aliphatic hydroxyl groups excluding tert-OH is 2. The molecule has 12 heteroatoms. The van der Waals surface area contributed by atoms with Crippen LogP contribution < -0.4 is 5.73 Å². The van der Waals surface area contributed by atoms with E-state index in [2.05, 4.69) is 6.08 Å². The van der Waals surface area contributed by atoms with Gasteiger partial charge in [-0.3, -0.25) is 9.32 Å². The third-order valence-corrected chi connectivity index (χ3v) is 7.48. The van der Waals surface area contributed by atoms with Crippen molar-refractivity contribution < 1.29 is 48.8 Å². The Hall–Kier alpha value is -1.40. The van der Waals surface area contributed by atoms with Gasteiger partial charge >= 0.3 is 13.8 Å². The number of rotatable bonds is 18. The number of aliphatic carboxylic acids is 1. The van der Waals surface area contributed by atoms with Crippen molar-refractivity contribution in [2.45, 2.75) is 94.7 Å². The number of carboxylic acid groups (broad SMARTS) is 1. The Morgan fingerprint density at radius 1 is 1.16 bits per heavy atom. The van der Waals surface area contributed by atoms with Crippen LogP contribution in [0.3, 0.4) is 0 Å². The summed E-state index contributed by atoms with van der Waals surface area (Å²) in [7, 11) is -3.75. The van der Waals surface area contributed by atoms with Crippen LogP contribution in [0.25, 0.3) is 0 Å². The number of methoxy groups -OCH3 is 1. The number of carboxylic acids is 1. The van der Waals surface area contributed by atoms with Gasteiger partial charge in [-0.1, -0.05) is 62.6 Å². The molecule has 0 amide bonds. The molecular formula is C26H46NO10P. The second-order valence-corrected chi connectivity index (χ2v) is 11.1. The number of aliphatic hydroxyl groups is 3. The van der Waals surface area contributed by atoms with Crippen LogP contribution in [0.1, 0.15) is 64.7 Å². The lowest BCUT2D eigenvalue weighted by atomic mass is 9.85. The molecule has 1 rings (SSSR count). The normalized spacial score (nSPS) is 21.5. The van der Waals surface area contributed by atoms with Gasteiger partial charge in [0.05, 0.1) is 24.7 Å². The standard InChI is InChI=1S/C26H46NO10P/c1-3-21(23(36-2)18-25(30)31)22(29)13-14-26(32,15-16-27)24(37-38(33,34)35)17-20(28)12-8-7-11-19-9-5-4-6-10-19/h7-8,11-14,19-24,28-29,32H,3-6,9-10,15-18,27H2,1-2H3,(H,30,31)(H2,33,34,35)/b11-7-,12-8-,14-13+/t20-,21+,22-,23?,24+,26-/m0/s1. The van der Waals surface area contributed by atoms with E-state index < -0.39 is 49.7 Å². The molecule has 0 heterocycles. The van der Waals surface area contributed by atoms with E-state index in [0.717, 1.165) is 18.9 Å². The molecule has 0 aliphatic heterocycles. The zero-order chi connectivity index (χ0) is 28.8. The Balaban J connectivity index is 3.08. The van der Waals surface area contributed by atoms with E-state index in [1.807, 2.05) is 6.08 Å². The molecule has 8 N–H and O–H groups in total. The van der Waals surface area contributed by atoms with Crippen LogP contribution in [0.15, 0.2) is 36.5 Å². The quantitative estimate of drug-likeness (QED) is 0.0734. The van der Waals surface area contributed by atoms with Gasteiger partial charge in [-0.15, -0.1) is 0 Å². The molecule has 0 aromatic carbocycles. The molecule has 1 aliphatic rings. The Kier molecular flexibility index (Phi) is 15.8. The van der Waals surface area contributed by atoms with Crippen molar-refractivity contribution in [3.8, 4) is 0 Å². The van der Waals surface area contributed by atoms with Gasteiger partial charge in [0.2, 0.25) is 0 Å². The van der Waals surface area contributed by atoms with Gasteiger partial charge in [0.1, 0.15) is 11.7 Å². The van der Waals surface area contributed by atoms with E-state index in [-0.39, 0.29) is 25.8 Å². The molecule has 6 atom stereocenters. The molecule has 0 radical (unpaired) electrons. The number of phosphoric ester groups is 1. The minimum Gasteiger partial charge on any atom is -0.481 e. The van der Waals surface area contributed by atoms with Crippen molar-refractivity contribution in [1.29, 1.82) is 0 Å². The van der Waals surface area contributed by atoms with Gasteiger partial charge in [0.15, 0.2) is 0 Å². The van der Waals surface area contributed by atoms with Crippen LogP contribution >= 0.6 is 7.82 Å². The van der Waals surface area contributed by atoms with E-state index in [4.69, 9.17) is 20.1 Å². The van der Waals surface area contributed by atoms with Gasteiger partial charge in [0.25, 0.3) is 0 Å². The molecule has 38 heavy (non-hydrogen) atoms. The Bertz CT molecular complexity index is 823. The molecule has 0 spiro atoms. The third kappa shape index (κ3) is 13.1. The second-order valence-electron chi connectivity index (χ2n) is 9.88. The zero-order valence-electron chi connectivity index (χ0n) is 22.3. The van der Waals surface area contributed by atoms with Crippen LogP contribution in [0.5, 0.6) is 0 Å². The van der Waals surface area contributed by atoms with Crippen molar-refractivity contribution in [3.05, 3.63) is 36.5 Å². The second kappa shape index (κ2) is 17.3. The highest BCUT2D eigenvalue weighted by Gasteiger charge is 2.40. The number of hydrogen-bond acceptors (Lipinski definition) is 8. The molecule has 0 saturated heterocycles. The lowest BCUT2D eigenvalue weighted by molar-refractivity contribution is -0.141. The largest absolute Gasteiger partial charge is 0.481 e. The molecule has 11 nitrogen and oxygen atoms in total. The molecule has 0 aromatic rings. The molecule has 0 bridgehead atoms. The maximum absolute atomic E-state index is 11.7. The highest BCUT2D eigenvalue weighted by Crippen LogP contribution is 2.42. The van der Waals surface area contributed by atoms with Gasteiger partial charge < -0.3 is 40.7 Å². The number of carbonyl (C=O) groups is 1. The Labute approximate surface area is 225 Å². The monoisotopic (exact) mass is 563 g/mol. The summed E-state index contributed by atoms with van der Waals surface area (Å²) in [4.78, 5) is 30.1. The van der Waals surface area contributed by atoms with Gasteiger partial charge in [0, 0.05) is 19.4 Å². The van der Waals surface area contributed by atoms with E-state index in [0.29, 0.717) is 12.3 Å². The molecular weight excluding hydrogens is 517 g/mol. The van der Waals surface area contributed by atoms with E-state index in [1.54, 1.807) is 13.0 Å². The first-order valence-corrected chi connectivity index (χ1v) is 14.7. The first-order valence-electron chi connectivity index (χ1n) is 13.2. The zero-order valence-corrected chi connectivity index (χ0v) is 23.2. The number of ether oxygens (including phenoxy) is 1. The van der Waals surface area contributed by atoms with Crippen LogP contribution in [0.2, 0.25) is 0 Å². The maximum atomic E-state index is 11.7. The van der Waals surface area contributed by atoms with Gasteiger partial charge in [-0.25, -0.2) is 4.57 Å². The van der Waals surface area contributed by atoms with Crippen molar-refractivity contribution in [2.75, 3.05) is 13.7 Å². The fraction of sp³-hybridized carbons (Fsp3) is 0.731. The Morgan fingerprint density at radius 2 is 1.82 bits per heavy atom. The molecule has 1 saturated carbocycles. The SMILES string of the molecule is CC[C@@H](C(CC(=O)O)OC)[C@@H](O)/C=C/[C@](O)(CCN)[C@@H](C[C@@H](O)/C=C\C=C/C1CCCCC1)OP(=O)(O)O. The topological polar surface area (TPSA) is 200 Å². The summed E-state index contributed by atoms with van der Waals surface area (Å²) in [5, 5.41) is 41.7. The highest BCUT2D eigenvalue weighted by molar-refractivity contribution is 7.46. The lowest BCUT2D eigenvalue weighted by Crippen LogP contribution is -2.45. The molecule has 1 unspecified atom stereocenters. The average molecular weight is 564 g/mol. The predicted molar refractivity (Wildman–Crippen MR) is 143 cm³/mol. The maximum Gasteiger partial charge on any atom is 0.469 e. The summed E-state index contributed by atoms with van der Waals surface area (Å²) in [6.07, 6.45) is 9.81. The summed E-state index contributed by atoms with van der Waals surface area (Å²) in [6.45, 7) is 1.65. The average Bonchev–Trinajstić information content (AvgIpc) is 2.84. The molecule has 0 aromatic heterocycles. The predicted octanol–water partition coefficient (Wildman–Crippen LogP) is 2.42. The van der Waals surface area contributed by atoms with Crippen LogP contribution in [-0.4, -0.2) is 79.9 Å². The van der Waals surface area contributed by atoms with Gasteiger partial charge in [-0.2, -0.15) is 0 Å². The lowest BCUT2D eigenvalue weighted by Gasteiger charge is -2.35. The summed E-state index contributed by atoms with van der Waals surface area (Å²) < 4.78 is 21.8. The van der Waals surface area contributed by atoms with Crippen molar-refractivity contribution in [3.63, 3.8) is 0 Å². The van der Waals surface area contributed by atoms with E-state index in [9.17, 15) is 34.5 Å². The minimum absolute atomic E-state index is 0.0923. The summed E-state index contributed by atoms with van der Waals surface area (Å²) >= 11 is 0. The highest BCUT2D eigenvalue weighted by atomic mass is 31.2. The fourth-order valence-corrected chi connectivity index (χ4v) is 5.44. The summed E-state index contributed by atoms with van der Waals surface area (Å²) in [5.41, 5.74) is 3.60. The molecule has 220 valence electrons. The fourth-order valence-electron chi connectivity index (χ4n) is 4.84. The molecule has 1 fully saturated rings. The summed E-state index contributed by atoms with van der Waals surface area (Å²) in [6, 6.07) is 0. The third-order valence-electron chi connectivity index (χ3n) is 6.95. The number of nitrogens with two attached hydrogens (primary N) is 1. The first-order chi connectivity index (χ1) is 17.8. The number of phosphoric acid groups is 1. The minimum atomic E-state index is -5.09. The van der Waals surface area contributed by atoms with Crippen molar-refractivity contribution in [1.82, 2.24) is 0 Å². The number of allylic oxidation sites excluding steroid dienone is 3. The smallest absolute Gasteiger partial charge is 0.469 e. The Morgan fingerprint density at radius 3 is 2.34 bits per heavy atom. The van der Waals surface area contributed by atoms with E-state index >= 15 is 0 Å². The van der Waals surface area contributed by atoms with Crippen LogP contribution in [0.4, 0.5) is 0 Å². The van der Waals surface area contributed by atoms with Crippen molar-refractivity contribution >= 4 is 13.8 Å². The molecule has 1 aliphatic carbocycles. The van der Waals surface area contributed by atoms with Crippen LogP contribution in [-0.2, 0) is 18.6 Å². The number of hydrogen-bond donors (Lipinski definition) is 7. The van der Waals surface area contributed by atoms with Crippen LogP contribution in [0, 0.1) is 11.8 Å².